The predicted molar refractivity (Wildman–Crippen MR) is 65.2 cm³/mol. The van der Waals surface area contributed by atoms with Crippen LogP contribution in [0.5, 0.6) is 0 Å². The minimum absolute atomic E-state index is 0.370. The highest BCUT2D eigenvalue weighted by Crippen LogP contribution is 2.25. The fourth-order valence-corrected chi connectivity index (χ4v) is 1.89. The van der Waals surface area contributed by atoms with Crippen LogP contribution in [0.1, 0.15) is 10.4 Å². The Balaban J connectivity index is 2.21. The Kier molecular flexibility index (Phi) is 3.49. The van der Waals surface area contributed by atoms with Crippen molar-refractivity contribution in [1.29, 1.82) is 0 Å². The zero-order valence-corrected chi connectivity index (χ0v) is 9.81. The first kappa shape index (κ1) is 11.7. The molecule has 1 aromatic carbocycles. The van der Waals surface area contributed by atoms with Gasteiger partial charge in [-0.25, -0.2) is 4.79 Å². The molecule has 0 bridgehead atoms. The van der Waals surface area contributed by atoms with E-state index in [9.17, 15) is 4.79 Å². The zero-order valence-electron chi connectivity index (χ0n) is 9.81. The predicted octanol–water partition coefficient (Wildman–Crippen LogP) is 0.892. The molecule has 1 heterocycles. The SMILES string of the molecule is COC(=O)c1ccc(N2CCOCC2)c(N)c1. The smallest absolute Gasteiger partial charge is 0.337 e. The van der Waals surface area contributed by atoms with Crippen LogP contribution in [0.3, 0.4) is 0 Å². The molecule has 5 heteroatoms. The Hall–Kier alpha value is -1.75. The summed E-state index contributed by atoms with van der Waals surface area (Å²) >= 11 is 0. The van der Waals surface area contributed by atoms with Crippen LogP contribution in [0.2, 0.25) is 0 Å². The fourth-order valence-electron chi connectivity index (χ4n) is 1.89. The van der Waals surface area contributed by atoms with Crippen LogP contribution < -0.4 is 10.6 Å². The average molecular weight is 236 g/mol. The van der Waals surface area contributed by atoms with Gasteiger partial charge in [0.2, 0.25) is 0 Å². The molecule has 1 aliphatic heterocycles. The van der Waals surface area contributed by atoms with Crippen molar-refractivity contribution in [2.45, 2.75) is 0 Å². The number of rotatable bonds is 2. The lowest BCUT2D eigenvalue weighted by molar-refractivity contribution is 0.0601. The summed E-state index contributed by atoms with van der Waals surface area (Å²) in [6.45, 7) is 3.06. The molecule has 0 aliphatic carbocycles. The second-order valence-electron chi connectivity index (χ2n) is 3.86. The third kappa shape index (κ3) is 2.50. The molecule has 0 unspecified atom stereocenters. The molecule has 0 aromatic heterocycles. The van der Waals surface area contributed by atoms with Crippen LogP contribution >= 0.6 is 0 Å². The number of nitrogens with zero attached hydrogens (tertiary/aromatic N) is 1. The van der Waals surface area contributed by atoms with Gasteiger partial charge >= 0.3 is 5.97 Å². The second-order valence-corrected chi connectivity index (χ2v) is 3.86. The van der Waals surface area contributed by atoms with Crippen molar-refractivity contribution in [3.05, 3.63) is 23.8 Å². The van der Waals surface area contributed by atoms with Crippen molar-refractivity contribution in [3.8, 4) is 0 Å². The molecule has 1 aliphatic rings. The molecule has 17 heavy (non-hydrogen) atoms. The van der Waals surface area contributed by atoms with E-state index in [0.29, 0.717) is 24.5 Å². The maximum Gasteiger partial charge on any atom is 0.337 e. The number of methoxy groups -OCH3 is 1. The second kappa shape index (κ2) is 5.05. The summed E-state index contributed by atoms with van der Waals surface area (Å²) in [5.74, 6) is -0.370. The van der Waals surface area contributed by atoms with E-state index in [4.69, 9.17) is 10.5 Å². The molecule has 2 rings (SSSR count). The number of nitrogens with two attached hydrogens (primary N) is 1. The van der Waals surface area contributed by atoms with E-state index in [-0.39, 0.29) is 5.97 Å². The van der Waals surface area contributed by atoms with Gasteiger partial charge in [0.15, 0.2) is 0 Å². The van der Waals surface area contributed by atoms with Crippen LogP contribution in [-0.2, 0) is 9.47 Å². The van der Waals surface area contributed by atoms with E-state index < -0.39 is 0 Å². The van der Waals surface area contributed by atoms with Gasteiger partial charge in [-0.05, 0) is 18.2 Å². The zero-order chi connectivity index (χ0) is 12.3. The van der Waals surface area contributed by atoms with Gasteiger partial charge in [-0.15, -0.1) is 0 Å². The number of hydrogen-bond donors (Lipinski definition) is 1. The number of morpholine rings is 1. The molecule has 0 amide bonds. The van der Waals surface area contributed by atoms with E-state index in [2.05, 4.69) is 9.64 Å². The number of esters is 1. The van der Waals surface area contributed by atoms with Gasteiger partial charge < -0.3 is 20.1 Å². The molecule has 1 saturated heterocycles. The molecule has 1 fully saturated rings. The lowest BCUT2D eigenvalue weighted by Gasteiger charge is -2.29. The van der Waals surface area contributed by atoms with Gasteiger partial charge in [0.05, 0.1) is 37.3 Å². The molecule has 0 spiro atoms. The maximum atomic E-state index is 11.3. The Bertz CT molecular complexity index is 414. The Morgan fingerprint density at radius 1 is 1.41 bits per heavy atom. The van der Waals surface area contributed by atoms with Crippen LogP contribution in [0.15, 0.2) is 18.2 Å². The number of anilines is 2. The standard InChI is InChI=1S/C12H16N2O3/c1-16-12(15)9-2-3-11(10(13)8-9)14-4-6-17-7-5-14/h2-3,8H,4-7,13H2,1H3. The highest BCUT2D eigenvalue weighted by Gasteiger charge is 2.15. The van der Waals surface area contributed by atoms with Crippen LogP contribution in [0.25, 0.3) is 0 Å². The summed E-state index contributed by atoms with van der Waals surface area (Å²) in [6, 6.07) is 5.23. The minimum Gasteiger partial charge on any atom is -0.465 e. The number of nitrogen functional groups attached to an aromatic ring is 1. The summed E-state index contributed by atoms with van der Waals surface area (Å²) in [7, 11) is 1.36. The monoisotopic (exact) mass is 236 g/mol. The number of carbonyl (C=O) groups is 1. The first-order valence-corrected chi connectivity index (χ1v) is 5.53. The molecule has 92 valence electrons. The average Bonchev–Trinajstić information content (AvgIpc) is 2.38. The molecular formula is C12H16N2O3. The Labute approximate surface area is 100 Å². The summed E-state index contributed by atoms with van der Waals surface area (Å²) in [6.07, 6.45) is 0. The molecule has 0 saturated carbocycles. The normalized spacial score (nSPS) is 15.7. The lowest BCUT2D eigenvalue weighted by atomic mass is 10.1. The van der Waals surface area contributed by atoms with Crippen LogP contribution in [-0.4, -0.2) is 39.4 Å². The van der Waals surface area contributed by atoms with Crippen LogP contribution in [0.4, 0.5) is 11.4 Å². The highest BCUT2D eigenvalue weighted by atomic mass is 16.5. The topological polar surface area (TPSA) is 64.8 Å². The Morgan fingerprint density at radius 2 is 2.12 bits per heavy atom. The van der Waals surface area contributed by atoms with Gasteiger partial charge in [-0.3, -0.25) is 0 Å². The third-order valence-corrected chi connectivity index (χ3v) is 2.80. The molecular weight excluding hydrogens is 220 g/mol. The summed E-state index contributed by atoms with van der Waals surface area (Å²) in [4.78, 5) is 13.5. The van der Waals surface area contributed by atoms with Crippen molar-refractivity contribution in [2.24, 2.45) is 0 Å². The van der Waals surface area contributed by atoms with E-state index in [1.54, 1.807) is 12.1 Å². The number of ether oxygens (including phenoxy) is 2. The third-order valence-electron chi connectivity index (χ3n) is 2.80. The van der Waals surface area contributed by atoms with E-state index in [1.165, 1.54) is 7.11 Å². The van der Waals surface area contributed by atoms with Gasteiger partial charge in [-0.2, -0.15) is 0 Å². The van der Waals surface area contributed by atoms with Crippen LogP contribution in [0, 0.1) is 0 Å². The summed E-state index contributed by atoms with van der Waals surface area (Å²) in [5, 5.41) is 0. The van der Waals surface area contributed by atoms with E-state index >= 15 is 0 Å². The Morgan fingerprint density at radius 3 is 2.71 bits per heavy atom. The maximum absolute atomic E-state index is 11.3. The largest absolute Gasteiger partial charge is 0.465 e. The van der Waals surface area contributed by atoms with Crippen molar-refractivity contribution < 1.29 is 14.3 Å². The lowest BCUT2D eigenvalue weighted by Crippen LogP contribution is -2.36. The first-order valence-electron chi connectivity index (χ1n) is 5.53. The molecule has 1 aromatic rings. The fraction of sp³-hybridized carbons (Fsp3) is 0.417. The van der Waals surface area contributed by atoms with Crippen molar-refractivity contribution in [2.75, 3.05) is 44.0 Å². The van der Waals surface area contributed by atoms with Crippen molar-refractivity contribution in [1.82, 2.24) is 0 Å². The summed E-state index contributed by atoms with van der Waals surface area (Å²) in [5.41, 5.74) is 7.97. The number of hydrogen-bond acceptors (Lipinski definition) is 5. The number of carbonyl (C=O) groups excluding carboxylic acids is 1. The minimum atomic E-state index is -0.370. The van der Waals surface area contributed by atoms with E-state index in [1.807, 2.05) is 6.07 Å². The molecule has 5 nitrogen and oxygen atoms in total. The molecule has 2 N–H and O–H groups in total. The van der Waals surface area contributed by atoms with Gasteiger partial charge in [-0.1, -0.05) is 0 Å². The van der Waals surface area contributed by atoms with Gasteiger partial charge in [0.1, 0.15) is 0 Å². The van der Waals surface area contributed by atoms with Gasteiger partial charge in [0, 0.05) is 13.1 Å². The van der Waals surface area contributed by atoms with Crippen molar-refractivity contribution >= 4 is 17.3 Å². The van der Waals surface area contributed by atoms with Gasteiger partial charge in [0.25, 0.3) is 0 Å². The first-order chi connectivity index (χ1) is 8.22. The number of benzene rings is 1. The molecule has 0 atom stereocenters. The van der Waals surface area contributed by atoms with E-state index in [0.717, 1.165) is 18.8 Å². The highest BCUT2D eigenvalue weighted by molar-refractivity contribution is 5.91. The molecule has 0 radical (unpaired) electrons. The summed E-state index contributed by atoms with van der Waals surface area (Å²) < 4.78 is 9.93. The quantitative estimate of drug-likeness (QED) is 0.610. The van der Waals surface area contributed by atoms with Crippen molar-refractivity contribution in [3.63, 3.8) is 0 Å².